The van der Waals surface area contributed by atoms with Crippen molar-refractivity contribution >= 4 is 18.0 Å². The standard InChI is InChI=1S/C25H28N2O5/c1-2-21(23(28)27-14-8-7-13-22(27)24(29)30)26-25(31)32-15-20-18-11-5-3-9-16(18)17-10-4-6-12-19(17)20/h3-6,9-12,20-22H,2,7-8,13-15H2,1H3,(H,26,31)(H,29,30)/t21-,22-/m0/s1. The molecule has 7 heteroatoms. The first-order chi connectivity index (χ1) is 15.5. The van der Waals surface area contributed by atoms with Crippen molar-refractivity contribution in [2.45, 2.75) is 50.6 Å². The van der Waals surface area contributed by atoms with Crippen LogP contribution in [-0.4, -0.2) is 53.2 Å². The molecule has 0 unspecified atom stereocenters. The van der Waals surface area contributed by atoms with Crippen molar-refractivity contribution < 1.29 is 24.2 Å². The van der Waals surface area contributed by atoms with E-state index in [1.807, 2.05) is 36.4 Å². The second kappa shape index (κ2) is 9.42. The number of carbonyl (C=O) groups is 3. The van der Waals surface area contributed by atoms with Crippen molar-refractivity contribution in [2.75, 3.05) is 13.2 Å². The fraction of sp³-hybridized carbons (Fsp3) is 0.400. The lowest BCUT2D eigenvalue weighted by Gasteiger charge is -2.35. The number of benzene rings is 2. The van der Waals surface area contributed by atoms with Crippen LogP contribution in [0.5, 0.6) is 0 Å². The van der Waals surface area contributed by atoms with Gasteiger partial charge in [0.1, 0.15) is 18.7 Å². The van der Waals surface area contributed by atoms with Crippen LogP contribution in [0, 0.1) is 0 Å². The molecule has 0 bridgehead atoms. The van der Waals surface area contributed by atoms with Gasteiger partial charge in [0, 0.05) is 12.5 Å². The zero-order valence-corrected chi connectivity index (χ0v) is 18.1. The van der Waals surface area contributed by atoms with E-state index in [4.69, 9.17) is 4.74 Å². The number of hydrogen-bond acceptors (Lipinski definition) is 4. The van der Waals surface area contributed by atoms with Gasteiger partial charge in [0.25, 0.3) is 0 Å². The van der Waals surface area contributed by atoms with E-state index in [0.29, 0.717) is 19.4 Å². The number of nitrogens with one attached hydrogen (secondary N) is 1. The van der Waals surface area contributed by atoms with Gasteiger partial charge in [0.05, 0.1) is 0 Å². The molecule has 2 atom stereocenters. The normalized spacial score (nSPS) is 18.4. The van der Waals surface area contributed by atoms with Gasteiger partial charge >= 0.3 is 12.1 Å². The van der Waals surface area contributed by atoms with Gasteiger partial charge in [-0.1, -0.05) is 55.5 Å². The minimum absolute atomic E-state index is 0.0672. The molecule has 168 valence electrons. The SMILES string of the molecule is CC[C@H](NC(=O)OCC1c2ccccc2-c2ccccc21)C(=O)N1CCCC[C@H]1C(=O)O. The van der Waals surface area contributed by atoms with Crippen LogP contribution < -0.4 is 5.32 Å². The third-order valence-electron chi connectivity index (χ3n) is 6.41. The zero-order chi connectivity index (χ0) is 22.7. The minimum Gasteiger partial charge on any atom is -0.480 e. The van der Waals surface area contributed by atoms with Gasteiger partial charge in [-0.2, -0.15) is 0 Å². The lowest BCUT2D eigenvalue weighted by molar-refractivity contribution is -0.152. The maximum Gasteiger partial charge on any atom is 0.407 e. The van der Waals surface area contributed by atoms with Gasteiger partial charge in [-0.3, -0.25) is 4.79 Å². The summed E-state index contributed by atoms with van der Waals surface area (Å²) in [6.07, 6.45) is 1.65. The molecule has 1 saturated heterocycles. The van der Waals surface area contributed by atoms with E-state index in [9.17, 15) is 19.5 Å². The van der Waals surface area contributed by atoms with E-state index in [1.165, 1.54) is 4.90 Å². The van der Waals surface area contributed by atoms with Crippen LogP contribution in [-0.2, 0) is 14.3 Å². The Bertz CT molecular complexity index is 975. The number of likely N-dealkylation sites (tertiary alicyclic amines) is 1. The third-order valence-corrected chi connectivity index (χ3v) is 6.41. The Hall–Kier alpha value is -3.35. The predicted molar refractivity (Wildman–Crippen MR) is 119 cm³/mol. The van der Waals surface area contributed by atoms with Crippen molar-refractivity contribution in [1.29, 1.82) is 0 Å². The highest BCUT2D eigenvalue weighted by molar-refractivity contribution is 5.89. The Kier molecular flexibility index (Phi) is 6.44. The number of fused-ring (bicyclic) bond motifs is 3. The summed E-state index contributed by atoms with van der Waals surface area (Å²) >= 11 is 0. The van der Waals surface area contributed by atoms with E-state index in [0.717, 1.165) is 35.1 Å². The number of alkyl carbamates (subject to hydrolysis) is 1. The molecule has 2 N–H and O–H groups in total. The van der Waals surface area contributed by atoms with Gasteiger partial charge in [-0.05, 0) is 47.9 Å². The lowest BCUT2D eigenvalue weighted by atomic mass is 9.98. The zero-order valence-electron chi connectivity index (χ0n) is 18.1. The van der Waals surface area contributed by atoms with E-state index in [-0.39, 0.29) is 18.4 Å². The average Bonchev–Trinajstić information content (AvgIpc) is 3.14. The summed E-state index contributed by atoms with van der Waals surface area (Å²) in [7, 11) is 0. The number of carbonyl (C=O) groups excluding carboxylic acids is 2. The monoisotopic (exact) mass is 436 g/mol. The molecule has 1 heterocycles. The van der Waals surface area contributed by atoms with E-state index in [2.05, 4.69) is 17.4 Å². The molecule has 2 aliphatic rings. The topological polar surface area (TPSA) is 95.9 Å². The highest BCUT2D eigenvalue weighted by atomic mass is 16.5. The first-order valence-electron chi connectivity index (χ1n) is 11.2. The molecule has 2 aromatic carbocycles. The van der Waals surface area contributed by atoms with Crippen molar-refractivity contribution in [2.24, 2.45) is 0 Å². The van der Waals surface area contributed by atoms with Crippen LogP contribution in [0.4, 0.5) is 4.79 Å². The maximum absolute atomic E-state index is 13.0. The lowest BCUT2D eigenvalue weighted by Crippen LogP contribution is -2.55. The van der Waals surface area contributed by atoms with Gasteiger partial charge in [-0.15, -0.1) is 0 Å². The second-order valence-electron chi connectivity index (χ2n) is 8.31. The molecule has 0 radical (unpaired) electrons. The number of aliphatic carboxylic acids is 1. The first kappa shape index (κ1) is 21.9. The summed E-state index contributed by atoms with van der Waals surface area (Å²) in [5, 5.41) is 12.1. The number of carboxylic acid groups (broad SMARTS) is 1. The van der Waals surface area contributed by atoms with Gasteiger partial charge in [0.2, 0.25) is 5.91 Å². The highest BCUT2D eigenvalue weighted by Crippen LogP contribution is 2.44. The molecule has 2 aromatic rings. The number of hydrogen-bond donors (Lipinski definition) is 2. The average molecular weight is 437 g/mol. The Morgan fingerprint density at radius 3 is 2.28 bits per heavy atom. The number of amides is 2. The molecular weight excluding hydrogens is 408 g/mol. The molecule has 1 aliphatic heterocycles. The highest BCUT2D eigenvalue weighted by Gasteiger charge is 2.36. The first-order valence-corrected chi connectivity index (χ1v) is 11.2. The summed E-state index contributed by atoms with van der Waals surface area (Å²) in [6, 6.07) is 14.5. The van der Waals surface area contributed by atoms with E-state index >= 15 is 0 Å². The van der Waals surface area contributed by atoms with E-state index in [1.54, 1.807) is 6.92 Å². The number of rotatable bonds is 6. The molecule has 1 aliphatic carbocycles. The molecule has 0 saturated carbocycles. The fourth-order valence-electron chi connectivity index (χ4n) is 4.77. The Balaban J connectivity index is 1.41. The van der Waals surface area contributed by atoms with Gasteiger partial charge < -0.3 is 20.1 Å². The van der Waals surface area contributed by atoms with Crippen molar-refractivity contribution in [3.05, 3.63) is 59.7 Å². The Morgan fingerprint density at radius 2 is 1.69 bits per heavy atom. The smallest absolute Gasteiger partial charge is 0.407 e. The van der Waals surface area contributed by atoms with E-state index < -0.39 is 24.1 Å². The number of carboxylic acids is 1. The van der Waals surface area contributed by atoms with Crippen LogP contribution in [0.15, 0.2) is 48.5 Å². The summed E-state index contributed by atoms with van der Waals surface area (Å²) in [5.41, 5.74) is 4.51. The summed E-state index contributed by atoms with van der Waals surface area (Å²) in [4.78, 5) is 38.5. The van der Waals surface area contributed by atoms with Crippen LogP contribution >= 0.6 is 0 Å². The number of nitrogens with zero attached hydrogens (tertiary/aromatic N) is 1. The van der Waals surface area contributed by atoms with Crippen molar-refractivity contribution in [1.82, 2.24) is 10.2 Å². The largest absolute Gasteiger partial charge is 0.480 e. The molecule has 4 rings (SSSR count). The molecule has 7 nitrogen and oxygen atoms in total. The van der Waals surface area contributed by atoms with Crippen LogP contribution in [0.2, 0.25) is 0 Å². The van der Waals surface area contributed by atoms with Gasteiger partial charge in [-0.25, -0.2) is 9.59 Å². The predicted octanol–water partition coefficient (Wildman–Crippen LogP) is 3.77. The van der Waals surface area contributed by atoms with Crippen molar-refractivity contribution in [3.8, 4) is 11.1 Å². The Morgan fingerprint density at radius 1 is 1.06 bits per heavy atom. The third kappa shape index (κ3) is 4.20. The molecule has 2 amide bonds. The quantitative estimate of drug-likeness (QED) is 0.719. The Labute approximate surface area is 187 Å². The summed E-state index contributed by atoms with van der Waals surface area (Å²) in [6.45, 7) is 2.33. The molecule has 32 heavy (non-hydrogen) atoms. The summed E-state index contributed by atoms with van der Waals surface area (Å²) in [5.74, 6) is -1.44. The minimum atomic E-state index is -1.01. The molecular formula is C25H28N2O5. The number of ether oxygens (including phenoxy) is 1. The maximum atomic E-state index is 13.0. The molecule has 0 spiro atoms. The van der Waals surface area contributed by atoms with Crippen molar-refractivity contribution in [3.63, 3.8) is 0 Å². The van der Waals surface area contributed by atoms with Crippen LogP contribution in [0.3, 0.4) is 0 Å². The van der Waals surface area contributed by atoms with Crippen LogP contribution in [0.1, 0.15) is 49.7 Å². The fourth-order valence-corrected chi connectivity index (χ4v) is 4.77. The second-order valence-corrected chi connectivity index (χ2v) is 8.31. The molecule has 1 fully saturated rings. The summed E-state index contributed by atoms with van der Waals surface area (Å²) < 4.78 is 5.55. The number of piperidine rings is 1. The molecule has 0 aromatic heterocycles. The van der Waals surface area contributed by atoms with Gasteiger partial charge in [0.15, 0.2) is 0 Å². The van der Waals surface area contributed by atoms with Crippen LogP contribution in [0.25, 0.3) is 11.1 Å².